The quantitative estimate of drug-likeness (QED) is 0.180. The van der Waals surface area contributed by atoms with Crippen molar-refractivity contribution in [3.63, 3.8) is 0 Å². The van der Waals surface area contributed by atoms with Crippen LogP contribution in [0.5, 0.6) is 5.75 Å². The molecule has 0 bridgehead atoms. The van der Waals surface area contributed by atoms with Gasteiger partial charge in [0.25, 0.3) is 0 Å². The fourth-order valence-electron chi connectivity index (χ4n) is 3.71. The van der Waals surface area contributed by atoms with Gasteiger partial charge in [0.05, 0.1) is 6.04 Å². The Labute approximate surface area is 181 Å². The summed E-state index contributed by atoms with van der Waals surface area (Å²) in [6, 6.07) is 14.1. The maximum absolute atomic E-state index is 11.3. The highest BCUT2D eigenvalue weighted by molar-refractivity contribution is 5.81. The molecule has 5 N–H and O–H groups in total. The molecule has 9 heteroatoms. The number of ether oxygens (including phenoxy) is 3. The summed E-state index contributed by atoms with van der Waals surface area (Å²) < 4.78 is 16.9. The van der Waals surface area contributed by atoms with Crippen molar-refractivity contribution in [3.05, 3.63) is 59.7 Å². The Balaban J connectivity index is 1.93. The molecule has 0 amide bonds. The molecule has 2 aromatic carbocycles. The minimum absolute atomic E-state index is 0.208. The number of rotatable bonds is 6. The van der Waals surface area contributed by atoms with Crippen molar-refractivity contribution >= 4 is 11.6 Å². The van der Waals surface area contributed by atoms with Gasteiger partial charge in [-0.3, -0.25) is 0 Å². The number of nitrogens with zero attached hydrogens (tertiary/aromatic N) is 2. The van der Waals surface area contributed by atoms with Gasteiger partial charge in [-0.1, -0.05) is 30.3 Å². The predicted molar refractivity (Wildman–Crippen MR) is 116 cm³/mol. The zero-order chi connectivity index (χ0) is 22.4. The second-order valence-corrected chi connectivity index (χ2v) is 7.35. The van der Waals surface area contributed by atoms with Crippen LogP contribution < -0.4 is 21.1 Å². The molecule has 1 aliphatic rings. The number of nitrogens with one attached hydrogen (secondary N) is 2. The number of nitrogens with two attached hydrogens (primary N) is 1. The number of aliphatic hydroxyl groups excluding tert-OH is 1. The largest absolute Gasteiger partial charge is 0.479 e. The average molecular weight is 425 g/mol. The van der Waals surface area contributed by atoms with Crippen LogP contribution in [0.1, 0.15) is 24.1 Å². The van der Waals surface area contributed by atoms with Crippen LogP contribution in [-0.4, -0.2) is 43.3 Å². The molecule has 0 saturated heterocycles. The highest BCUT2D eigenvalue weighted by atomic mass is 16.7. The normalized spacial score (nSPS) is 22.9. The molecule has 3 atom stereocenters. The highest BCUT2D eigenvalue weighted by Gasteiger charge is 2.52. The van der Waals surface area contributed by atoms with E-state index in [9.17, 15) is 10.4 Å². The lowest BCUT2D eigenvalue weighted by Crippen LogP contribution is -2.62. The van der Waals surface area contributed by atoms with Crippen LogP contribution in [0.15, 0.2) is 53.5 Å². The number of methoxy groups -OCH3 is 2. The smallest absolute Gasteiger partial charge is 0.209 e. The number of guanidine groups is 1. The molecule has 9 nitrogen and oxygen atoms in total. The molecule has 0 aliphatic carbocycles. The standard InChI is InChI=1S/C22H27N5O4/c1-22(20(29-2)30-3)19(28)18(16-11-15(24)9-10-17(16)31-22)27-21(26-13-23)25-12-14-7-5-4-6-8-14/h4-11,18-20,28H,12,24H2,1-3H3,(H2,25,26,27)/t18-,19?,22+/m1/s1. The molecule has 0 fully saturated rings. The molecule has 0 spiro atoms. The number of aliphatic hydroxyl groups is 1. The summed E-state index contributed by atoms with van der Waals surface area (Å²) in [5, 5.41) is 26.7. The summed E-state index contributed by atoms with van der Waals surface area (Å²) >= 11 is 0. The van der Waals surface area contributed by atoms with E-state index in [1.54, 1.807) is 31.3 Å². The summed E-state index contributed by atoms with van der Waals surface area (Å²) in [5.41, 5.74) is 6.88. The van der Waals surface area contributed by atoms with Gasteiger partial charge in [0.2, 0.25) is 12.2 Å². The summed E-state index contributed by atoms with van der Waals surface area (Å²) in [7, 11) is 2.95. The van der Waals surface area contributed by atoms with Gasteiger partial charge < -0.3 is 35.7 Å². The first-order valence-electron chi connectivity index (χ1n) is 9.76. The summed E-state index contributed by atoms with van der Waals surface area (Å²) in [6.07, 6.45) is -0.200. The minimum Gasteiger partial charge on any atom is -0.479 e. The lowest BCUT2D eigenvalue weighted by molar-refractivity contribution is -0.238. The van der Waals surface area contributed by atoms with Crippen molar-refractivity contribution in [2.24, 2.45) is 4.99 Å². The molecule has 2 aromatic rings. The maximum atomic E-state index is 11.3. The monoisotopic (exact) mass is 425 g/mol. The van der Waals surface area contributed by atoms with E-state index in [-0.39, 0.29) is 5.96 Å². The molecule has 0 radical (unpaired) electrons. The third-order valence-electron chi connectivity index (χ3n) is 5.25. The molecule has 1 heterocycles. The van der Waals surface area contributed by atoms with Gasteiger partial charge in [-0.05, 0) is 30.7 Å². The Morgan fingerprint density at radius 2 is 2.00 bits per heavy atom. The zero-order valence-electron chi connectivity index (χ0n) is 17.7. The fraction of sp³-hybridized carbons (Fsp3) is 0.364. The fourth-order valence-corrected chi connectivity index (χ4v) is 3.71. The Bertz CT molecular complexity index is 958. The number of anilines is 1. The van der Waals surface area contributed by atoms with Crippen LogP contribution in [-0.2, 0) is 16.0 Å². The minimum atomic E-state index is -1.25. The second-order valence-electron chi connectivity index (χ2n) is 7.35. The third-order valence-corrected chi connectivity index (χ3v) is 5.25. The van der Waals surface area contributed by atoms with Crippen molar-refractivity contribution < 1.29 is 19.3 Å². The van der Waals surface area contributed by atoms with E-state index in [4.69, 9.17) is 19.9 Å². The molecule has 31 heavy (non-hydrogen) atoms. The summed E-state index contributed by atoms with van der Waals surface area (Å²) in [4.78, 5) is 3.85. The topological polar surface area (TPSA) is 134 Å². The Morgan fingerprint density at radius 1 is 1.29 bits per heavy atom. The van der Waals surface area contributed by atoms with E-state index in [1.807, 2.05) is 30.3 Å². The van der Waals surface area contributed by atoms with Gasteiger partial charge >= 0.3 is 0 Å². The molecule has 0 saturated carbocycles. The predicted octanol–water partition coefficient (Wildman–Crippen LogP) is 1.66. The van der Waals surface area contributed by atoms with Gasteiger partial charge in [-0.2, -0.15) is 5.26 Å². The number of aliphatic imine (C=N–C) groups is 1. The first-order chi connectivity index (χ1) is 14.9. The van der Waals surface area contributed by atoms with Crippen LogP contribution in [0.2, 0.25) is 0 Å². The Morgan fingerprint density at radius 3 is 2.65 bits per heavy atom. The number of hydrogen-bond donors (Lipinski definition) is 4. The summed E-state index contributed by atoms with van der Waals surface area (Å²) in [6.45, 7) is 2.13. The van der Waals surface area contributed by atoms with Crippen LogP contribution in [0.4, 0.5) is 5.69 Å². The van der Waals surface area contributed by atoms with Gasteiger partial charge in [0.1, 0.15) is 11.9 Å². The van der Waals surface area contributed by atoms with Crippen molar-refractivity contribution in [1.82, 2.24) is 10.6 Å². The first-order valence-corrected chi connectivity index (χ1v) is 9.76. The Kier molecular flexibility index (Phi) is 6.97. The number of fused-ring (bicyclic) bond motifs is 1. The highest BCUT2D eigenvalue weighted by Crippen LogP contribution is 2.43. The molecule has 3 rings (SSSR count). The second kappa shape index (κ2) is 9.66. The first kappa shape index (κ1) is 22.4. The van der Waals surface area contributed by atoms with E-state index in [1.165, 1.54) is 14.2 Å². The molecular weight excluding hydrogens is 398 g/mol. The van der Waals surface area contributed by atoms with Crippen LogP contribution in [0.3, 0.4) is 0 Å². The molecule has 1 aliphatic heterocycles. The average Bonchev–Trinajstić information content (AvgIpc) is 2.77. The van der Waals surface area contributed by atoms with E-state index in [0.29, 0.717) is 23.5 Å². The van der Waals surface area contributed by atoms with Gasteiger partial charge in [0.15, 0.2) is 11.9 Å². The van der Waals surface area contributed by atoms with Gasteiger partial charge in [-0.15, -0.1) is 4.99 Å². The number of nitrogen functional groups attached to an aromatic ring is 1. The van der Waals surface area contributed by atoms with Crippen molar-refractivity contribution in [3.8, 4) is 11.9 Å². The number of nitriles is 1. The van der Waals surface area contributed by atoms with Gasteiger partial charge in [-0.25, -0.2) is 0 Å². The SMILES string of the molecule is COC(OC)[C@@]1(C)Oc2ccc(N)cc2[C@@H](N/C(=N/C#N)NCc2ccccc2)C1O. The maximum Gasteiger partial charge on any atom is 0.209 e. The van der Waals surface area contributed by atoms with Crippen LogP contribution in [0, 0.1) is 11.5 Å². The molecule has 1 unspecified atom stereocenters. The van der Waals surface area contributed by atoms with Crippen LogP contribution >= 0.6 is 0 Å². The van der Waals surface area contributed by atoms with Gasteiger partial charge in [0, 0.05) is 32.0 Å². The van der Waals surface area contributed by atoms with E-state index < -0.39 is 24.0 Å². The van der Waals surface area contributed by atoms with Crippen molar-refractivity contribution in [2.45, 2.75) is 37.5 Å². The number of benzene rings is 2. The van der Waals surface area contributed by atoms with E-state index in [2.05, 4.69) is 15.6 Å². The van der Waals surface area contributed by atoms with Crippen molar-refractivity contribution in [2.75, 3.05) is 20.0 Å². The lowest BCUT2D eigenvalue weighted by Gasteiger charge is -2.46. The molecule has 0 aromatic heterocycles. The van der Waals surface area contributed by atoms with Crippen molar-refractivity contribution in [1.29, 1.82) is 5.26 Å². The lowest BCUT2D eigenvalue weighted by atomic mass is 9.84. The molecular formula is C22H27N5O4. The van der Waals surface area contributed by atoms with E-state index >= 15 is 0 Å². The molecule has 164 valence electrons. The third kappa shape index (κ3) is 4.72. The van der Waals surface area contributed by atoms with E-state index in [0.717, 1.165) is 5.56 Å². The number of hydrogen-bond acceptors (Lipinski definition) is 7. The summed E-state index contributed by atoms with van der Waals surface area (Å²) in [5.74, 6) is 0.720. The zero-order valence-corrected chi connectivity index (χ0v) is 17.7. The van der Waals surface area contributed by atoms with Crippen LogP contribution in [0.25, 0.3) is 0 Å². The Hall–Kier alpha value is -3.32.